The number of nitrogens with zero attached hydrogens (tertiary/aromatic N) is 1. The Kier molecular flexibility index (Phi) is 5.42. The number of H-pyrrole nitrogens is 1. The second kappa shape index (κ2) is 7.82. The molecule has 28 heavy (non-hydrogen) atoms. The Morgan fingerprint density at radius 2 is 2.00 bits per heavy atom. The van der Waals surface area contributed by atoms with E-state index in [0.29, 0.717) is 19.0 Å². The number of hydrazine groups is 1. The van der Waals surface area contributed by atoms with Crippen molar-refractivity contribution in [3.05, 3.63) is 36.0 Å². The van der Waals surface area contributed by atoms with Gasteiger partial charge in [0.05, 0.1) is 6.61 Å². The molecule has 0 spiro atoms. The van der Waals surface area contributed by atoms with Crippen molar-refractivity contribution in [1.82, 2.24) is 20.1 Å². The number of esters is 1. The maximum absolute atomic E-state index is 13.1. The van der Waals surface area contributed by atoms with Gasteiger partial charge >= 0.3 is 5.97 Å². The summed E-state index contributed by atoms with van der Waals surface area (Å²) in [5.74, 6) is -0.906. The zero-order chi connectivity index (χ0) is 19.7. The third-order valence-corrected chi connectivity index (χ3v) is 7.89. The van der Waals surface area contributed by atoms with Gasteiger partial charge in [-0.15, -0.1) is 0 Å². The first-order valence-corrected chi connectivity index (χ1v) is 11.2. The lowest BCUT2D eigenvalue weighted by molar-refractivity contribution is -0.147. The molecule has 0 amide bonds. The van der Waals surface area contributed by atoms with Crippen molar-refractivity contribution in [3.8, 4) is 0 Å². The van der Waals surface area contributed by atoms with E-state index in [-0.39, 0.29) is 13.2 Å². The zero-order valence-electron chi connectivity index (χ0n) is 15.8. The van der Waals surface area contributed by atoms with Gasteiger partial charge in [0.1, 0.15) is 5.92 Å². The van der Waals surface area contributed by atoms with E-state index in [1.807, 2.05) is 24.4 Å². The molecule has 2 unspecified atom stereocenters. The number of nitrogens with one attached hydrogen (secondary N) is 3. The van der Waals surface area contributed by atoms with E-state index in [1.54, 1.807) is 6.92 Å². The normalized spacial score (nSPS) is 24.6. The first kappa shape index (κ1) is 19.4. The quantitative estimate of drug-likeness (QED) is 0.647. The van der Waals surface area contributed by atoms with Gasteiger partial charge in [-0.1, -0.05) is 18.2 Å². The fraction of sp³-hybridized carbons (Fsp3) is 0.526. The molecule has 2 saturated heterocycles. The molecule has 9 heteroatoms. The summed E-state index contributed by atoms with van der Waals surface area (Å²) in [7, 11) is -3.66. The van der Waals surface area contributed by atoms with Gasteiger partial charge in [-0.3, -0.25) is 10.2 Å². The van der Waals surface area contributed by atoms with Crippen LogP contribution in [0.25, 0.3) is 10.9 Å². The molecule has 1 aromatic carbocycles. The van der Waals surface area contributed by atoms with Crippen molar-refractivity contribution in [2.24, 2.45) is 5.92 Å². The van der Waals surface area contributed by atoms with E-state index in [2.05, 4.69) is 21.9 Å². The Morgan fingerprint density at radius 3 is 2.75 bits per heavy atom. The van der Waals surface area contributed by atoms with Crippen LogP contribution in [0.1, 0.15) is 31.2 Å². The van der Waals surface area contributed by atoms with Gasteiger partial charge in [0.2, 0.25) is 10.0 Å². The van der Waals surface area contributed by atoms with Crippen LogP contribution in [-0.2, 0) is 19.6 Å². The number of sulfonamides is 1. The number of aromatic amines is 1. The van der Waals surface area contributed by atoms with Crippen LogP contribution in [0.15, 0.2) is 30.5 Å². The number of hydrogen-bond acceptors (Lipinski definition) is 6. The third-order valence-electron chi connectivity index (χ3n) is 5.72. The standard InChI is InChI=1S/C19H26N4O4S/c1-2-27-19(24)16-12-21-22-18(16)28(25,26)23-9-7-13(8-10-23)15-11-20-17-6-4-3-5-14(15)17/h3-6,11,13,16,18,20-22H,2,7-10,12H2,1H3. The third kappa shape index (κ3) is 3.43. The van der Waals surface area contributed by atoms with Crippen LogP contribution in [-0.4, -0.2) is 55.3 Å². The number of rotatable bonds is 5. The monoisotopic (exact) mass is 406 g/mol. The summed E-state index contributed by atoms with van der Waals surface area (Å²) in [6, 6.07) is 8.17. The number of carbonyl (C=O) groups excluding carboxylic acids is 1. The lowest BCUT2D eigenvalue weighted by atomic mass is 9.90. The zero-order valence-corrected chi connectivity index (χ0v) is 16.7. The summed E-state index contributed by atoms with van der Waals surface area (Å²) in [6.45, 7) is 3.08. The maximum atomic E-state index is 13.1. The minimum atomic E-state index is -3.66. The highest BCUT2D eigenvalue weighted by atomic mass is 32.2. The van der Waals surface area contributed by atoms with Crippen LogP contribution < -0.4 is 10.9 Å². The van der Waals surface area contributed by atoms with Crippen LogP contribution in [0.2, 0.25) is 0 Å². The number of carbonyl (C=O) groups is 1. The molecule has 8 nitrogen and oxygen atoms in total. The summed E-state index contributed by atoms with van der Waals surface area (Å²) < 4.78 is 32.8. The molecule has 2 aromatic rings. The molecule has 2 aliphatic rings. The summed E-state index contributed by atoms with van der Waals surface area (Å²) >= 11 is 0. The largest absolute Gasteiger partial charge is 0.466 e. The lowest BCUT2D eigenvalue weighted by Gasteiger charge is -2.33. The molecule has 3 N–H and O–H groups in total. The maximum Gasteiger partial charge on any atom is 0.313 e. The lowest BCUT2D eigenvalue weighted by Crippen LogP contribution is -2.50. The fourth-order valence-corrected chi connectivity index (χ4v) is 6.12. The Balaban J connectivity index is 1.46. The second-order valence-electron chi connectivity index (χ2n) is 7.31. The minimum Gasteiger partial charge on any atom is -0.466 e. The average Bonchev–Trinajstić information content (AvgIpc) is 3.36. The fourth-order valence-electron chi connectivity index (χ4n) is 4.23. The first-order chi connectivity index (χ1) is 13.5. The molecule has 0 bridgehead atoms. The Labute approximate surface area is 164 Å². The first-order valence-electron chi connectivity index (χ1n) is 9.72. The van der Waals surface area contributed by atoms with Crippen LogP contribution in [0.5, 0.6) is 0 Å². The number of hydrogen-bond donors (Lipinski definition) is 3. The van der Waals surface area contributed by atoms with Gasteiger partial charge in [0.15, 0.2) is 5.37 Å². The van der Waals surface area contributed by atoms with Crippen LogP contribution in [0.3, 0.4) is 0 Å². The molecule has 2 aliphatic heterocycles. The summed E-state index contributed by atoms with van der Waals surface area (Å²) in [5, 5.41) is 0.212. The Morgan fingerprint density at radius 1 is 1.25 bits per heavy atom. The average molecular weight is 407 g/mol. The summed E-state index contributed by atoms with van der Waals surface area (Å²) in [6.07, 6.45) is 3.55. The SMILES string of the molecule is CCOC(=O)C1CNNC1S(=O)(=O)N1CCC(c2c[nH]c3ccccc23)CC1. The number of benzene rings is 1. The molecule has 2 atom stereocenters. The number of ether oxygens (including phenoxy) is 1. The van der Waals surface area contributed by atoms with E-state index >= 15 is 0 Å². The molecule has 2 fully saturated rings. The van der Waals surface area contributed by atoms with E-state index in [9.17, 15) is 13.2 Å². The number of para-hydroxylation sites is 1. The van der Waals surface area contributed by atoms with Crippen molar-refractivity contribution in [2.75, 3.05) is 26.2 Å². The molecule has 0 aliphatic carbocycles. The van der Waals surface area contributed by atoms with Crippen molar-refractivity contribution >= 4 is 26.9 Å². The van der Waals surface area contributed by atoms with E-state index in [0.717, 1.165) is 18.4 Å². The van der Waals surface area contributed by atoms with Crippen molar-refractivity contribution in [3.63, 3.8) is 0 Å². The Bertz CT molecular complexity index is 950. The molecular formula is C19H26N4O4S. The van der Waals surface area contributed by atoms with Crippen molar-refractivity contribution in [1.29, 1.82) is 0 Å². The van der Waals surface area contributed by atoms with Crippen molar-refractivity contribution < 1.29 is 17.9 Å². The van der Waals surface area contributed by atoms with Gasteiger partial charge in [-0.05, 0) is 37.3 Å². The van der Waals surface area contributed by atoms with Crippen LogP contribution >= 0.6 is 0 Å². The molecule has 0 radical (unpaired) electrons. The molecule has 152 valence electrons. The van der Waals surface area contributed by atoms with Gasteiger partial charge in [-0.2, -0.15) is 0 Å². The van der Waals surface area contributed by atoms with E-state index in [4.69, 9.17) is 4.74 Å². The highest BCUT2D eigenvalue weighted by molar-refractivity contribution is 7.89. The molecule has 1 aromatic heterocycles. The predicted octanol–water partition coefficient (Wildman–Crippen LogP) is 1.29. The summed E-state index contributed by atoms with van der Waals surface area (Å²) in [5.41, 5.74) is 7.91. The molecule has 0 saturated carbocycles. The predicted molar refractivity (Wildman–Crippen MR) is 106 cm³/mol. The topological polar surface area (TPSA) is 104 Å². The molecule has 4 rings (SSSR count). The smallest absolute Gasteiger partial charge is 0.313 e. The van der Waals surface area contributed by atoms with E-state index < -0.39 is 27.3 Å². The highest BCUT2D eigenvalue weighted by Gasteiger charge is 2.46. The number of piperidine rings is 1. The minimum absolute atomic E-state index is 0.234. The molecular weight excluding hydrogens is 380 g/mol. The summed E-state index contributed by atoms with van der Waals surface area (Å²) in [4.78, 5) is 15.4. The van der Waals surface area contributed by atoms with Gasteiger partial charge < -0.3 is 9.72 Å². The molecule has 3 heterocycles. The van der Waals surface area contributed by atoms with Gasteiger partial charge in [0, 0.05) is 36.7 Å². The van der Waals surface area contributed by atoms with Crippen LogP contribution in [0.4, 0.5) is 0 Å². The number of fused-ring (bicyclic) bond motifs is 1. The van der Waals surface area contributed by atoms with Crippen LogP contribution in [0, 0.1) is 5.92 Å². The van der Waals surface area contributed by atoms with Crippen molar-refractivity contribution in [2.45, 2.75) is 31.1 Å². The number of aromatic nitrogens is 1. The highest BCUT2D eigenvalue weighted by Crippen LogP contribution is 2.34. The van der Waals surface area contributed by atoms with Gasteiger partial charge in [-0.25, -0.2) is 18.1 Å². The Hall–Kier alpha value is -1.94. The van der Waals surface area contributed by atoms with E-state index in [1.165, 1.54) is 15.3 Å². The van der Waals surface area contributed by atoms with Gasteiger partial charge in [0.25, 0.3) is 0 Å². The second-order valence-corrected chi connectivity index (χ2v) is 9.37.